The number of carbonyl (C=O) groups excluding carboxylic acids is 1. The summed E-state index contributed by atoms with van der Waals surface area (Å²) in [5.74, 6) is 1.40. The smallest absolute Gasteiger partial charge is 0.316 e. The maximum atomic E-state index is 13.0. The summed E-state index contributed by atoms with van der Waals surface area (Å²) in [6.45, 7) is -0.0374. The van der Waals surface area contributed by atoms with Crippen molar-refractivity contribution in [3.63, 3.8) is 0 Å². The molecule has 0 bridgehead atoms. The quantitative estimate of drug-likeness (QED) is 0.357. The molecule has 1 aliphatic carbocycles. The van der Waals surface area contributed by atoms with E-state index in [1.807, 2.05) is 31.4 Å². The van der Waals surface area contributed by atoms with E-state index in [2.05, 4.69) is 19.7 Å². The summed E-state index contributed by atoms with van der Waals surface area (Å²) in [6, 6.07) is 5.81. The molecule has 1 aliphatic heterocycles. The molecular weight excluding hydrogens is 470 g/mol. The number of hydrogen-bond donors (Lipinski definition) is 0. The third-order valence-electron chi connectivity index (χ3n) is 7.44. The molecule has 0 N–H and O–H groups in total. The number of benzene rings is 1. The number of nitrogens with zero attached hydrogens (tertiary/aromatic N) is 4. The fourth-order valence-electron chi connectivity index (χ4n) is 5.56. The number of rotatable bonds is 9. The Morgan fingerprint density at radius 3 is 2.83 bits per heavy atom. The highest BCUT2D eigenvalue weighted by atomic mass is 32.1. The van der Waals surface area contributed by atoms with Gasteiger partial charge in [-0.25, -0.2) is 4.98 Å². The van der Waals surface area contributed by atoms with Gasteiger partial charge in [0.05, 0.1) is 11.2 Å². The lowest BCUT2D eigenvalue weighted by Gasteiger charge is -2.31. The fourth-order valence-corrected chi connectivity index (χ4v) is 6.55. The van der Waals surface area contributed by atoms with Crippen LogP contribution in [-0.4, -0.2) is 45.1 Å². The van der Waals surface area contributed by atoms with Crippen LogP contribution in [-0.2, 0) is 31.4 Å². The van der Waals surface area contributed by atoms with Gasteiger partial charge in [0.15, 0.2) is 5.78 Å². The maximum Gasteiger partial charge on any atom is 0.345 e. The normalized spacial score (nSPS) is 21.0. The van der Waals surface area contributed by atoms with Gasteiger partial charge in [-0.15, -0.1) is 11.3 Å². The lowest BCUT2D eigenvalue weighted by molar-refractivity contribution is -0.137. The van der Waals surface area contributed by atoms with Crippen molar-refractivity contribution in [1.29, 1.82) is 0 Å². The lowest BCUT2D eigenvalue weighted by Crippen LogP contribution is -2.32. The van der Waals surface area contributed by atoms with E-state index in [0.29, 0.717) is 23.3 Å². The van der Waals surface area contributed by atoms with Crippen LogP contribution in [0.25, 0.3) is 10.9 Å². The molecule has 6 nitrogen and oxygen atoms in total. The van der Waals surface area contributed by atoms with Crippen molar-refractivity contribution in [3.8, 4) is 0 Å². The van der Waals surface area contributed by atoms with Gasteiger partial charge in [-0.3, -0.25) is 14.4 Å². The minimum absolute atomic E-state index is 0.113. The molecule has 188 valence electrons. The molecule has 3 heterocycles. The third-order valence-corrected chi connectivity index (χ3v) is 8.57. The van der Waals surface area contributed by atoms with E-state index in [1.54, 1.807) is 4.68 Å². The molecule has 3 aromatic rings. The topological polar surface area (TPSA) is 60.2 Å². The van der Waals surface area contributed by atoms with Crippen molar-refractivity contribution in [1.82, 2.24) is 19.7 Å². The Balaban J connectivity index is 1.06. The molecule has 35 heavy (non-hydrogen) atoms. The third kappa shape index (κ3) is 5.95. The average Bonchev–Trinajstić information content (AvgIpc) is 3.43. The van der Waals surface area contributed by atoms with Crippen molar-refractivity contribution < 1.29 is 18.3 Å². The summed E-state index contributed by atoms with van der Waals surface area (Å²) >= 11 is 1.50. The van der Waals surface area contributed by atoms with Gasteiger partial charge < -0.3 is 4.74 Å². The zero-order valence-corrected chi connectivity index (χ0v) is 20.9. The summed E-state index contributed by atoms with van der Waals surface area (Å²) in [5, 5.41) is 6.02. The summed E-state index contributed by atoms with van der Waals surface area (Å²) in [5.41, 5.74) is 2.70. The molecule has 0 spiro atoms. The lowest BCUT2D eigenvalue weighted by atomic mass is 9.78. The van der Waals surface area contributed by atoms with Crippen LogP contribution in [0.2, 0.25) is 0 Å². The molecule has 1 fully saturated rings. The number of aryl methyl sites for hydroxylation is 1. The first-order valence-corrected chi connectivity index (χ1v) is 13.3. The monoisotopic (exact) mass is 502 g/mol. The number of ketones is 1. The zero-order valence-electron chi connectivity index (χ0n) is 20.1. The van der Waals surface area contributed by atoms with Crippen LogP contribution < -0.4 is 0 Å². The van der Waals surface area contributed by atoms with Gasteiger partial charge in [0.2, 0.25) is 0 Å². The highest BCUT2D eigenvalue weighted by Crippen LogP contribution is 2.34. The number of alkyl halides is 2. The first-order chi connectivity index (χ1) is 16.9. The van der Waals surface area contributed by atoms with Crippen molar-refractivity contribution in [3.05, 3.63) is 45.5 Å². The van der Waals surface area contributed by atoms with Crippen molar-refractivity contribution in [2.45, 2.75) is 64.7 Å². The number of halogens is 2. The van der Waals surface area contributed by atoms with E-state index in [9.17, 15) is 13.6 Å². The molecule has 1 saturated carbocycles. The molecule has 0 unspecified atom stereocenters. The molecule has 0 saturated heterocycles. The average molecular weight is 503 g/mol. The van der Waals surface area contributed by atoms with Crippen molar-refractivity contribution in [2.75, 3.05) is 13.1 Å². The molecule has 5 rings (SSSR count). The Bertz CT molecular complexity index is 1170. The van der Waals surface area contributed by atoms with E-state index >= 15 is 0 Å². The Labute approximate surface area is 208 Å². The predicted octanol–water partition coefficient (Wildman–Crippen LogP) is 5.60. The second-order valence-corrected chi connectivity index (χ2v) is 11.1. The van der Waals surface area contributed by atoms with Crippen LogP contribution in [0.4, 0.5) is 8.78 Å². The Morgan fingerprint density at radius 1 is 1.23 bits per heavy atom. The second-order valence-electron chi connectivity index (χ2n) is 9.92. The summed E-state index contributed by atoms with van der Waals surface area (Å²) < 4.78 is 30.8. The van der Waals surface area contributed by atoms with Crippen LogP contribution in [0.15, 0.2) is 24.4 Å². The van der Waals surface area contributed by atoms with Gasteiger partial charge in [0.25, 0.3) is 0 Å². The van der Waals surface area contributed by atoms with E-state index in [-0.39, 0.29) is 12.4 Å². The number of Topliss-reactive ketones (excluding diaryl/α,β-unsaturated/α-hetero) is 1. The van der Waals surface area contributed by atoms with E-state index in [1.165, 1.54) is 29.1 Å². The first kappa shape index (κ1) is 24.5. The minimum atomic E-state index is -2.75. The molecule has 9 heteroatoms. The van der Waals surface area contributed by atoms with Gasteiger partial charge in [0, 0.05) is 48.6 Å². The van der Waals surface area contributed by atoms with E-state index < -0.39 is 6.61 Å². The number of ether oxygens (including phenoxy) is 1. The van der Waals surface area contributed by atoms with Gasteiger partial charge >= 0.3 is 6.61 Å². The van der Waals surface area contributed by atoms with Gasteiger partial charge in [0.1, 0.15) is 11.6 Å². The van der Waals surface area contributed by atoms with Crippen LogP contribution in [0.5, 0.6) is 0 Å². The molecule has 0 atom stereocenters. The van der Waals surface area contributed by atoms with E-state index in [4.69, 9.17) is 0 Å². The summed E-state index contributed by atoms with van der Waals surface area (Å²) in [6.07, 6.45) is 9.24. The van der Waals surface area contributed by atoms with Crippen molar-refractivity contribution in [2.24, 2.45) is 18.9 Å². The summed E-state index contributed by atoms with van der Waals surface area (Å²) in [4.78, 5) is 21.2. The highest BCUT2D eigenvalue weighted by Gasteiger charge is 2.26. The Hall–Kier alpha value is -2.23. The number of fused-ring (bicyclic) bond motifs is 2. The highest BCUT2D eigenvalue weighted by molar-refractivity contribution is 7.11. The molecule has 0 amide bonds. The molecule has 2 aliphatic rings. The number of thiazole rings is 1. The van der Waals surface area contributed by atoms with Gasteiger partial charge in [-0.2, -0.15) is 13.9 Å². The number of hydrogen-bond acceptors (Lipinski definition) is 6. The molecular formula is C26H32F2N4O2S. The Kier molecular flexibility index (Phi) is 7.55. The van der Waals surface area contributed by atoms with Gasteiger partial charge in [-0.05, 0) is 50.1 Å². The number of aromatic nitrogens is 3. The maximum absolute atomic E-state index is 13.0. The van der Waals surface area contributed by atoms with Crippen LogP contribution in [0, 0.1) is 11.8 Å². The molecule has 1 aromatic carbocycles. The minimum Gasteiger partial charge on any atom is -0.316 e. The van der Waals surface area contributed by atoms with Crippen LogP contribution in [0.3, 0.4) is 0 Å². The zero-order chi connectivity index (χ0) is 24.4. The largest absolute Gasteiger partial charge is 0.345 e. The van der Waals surface area contributed by atoms with Crippen molar-refractivity contribution >= 4 is 28.0 Å². The predicted molar refractivity (Wildman–Crippen MR) is 132 cm³/mol. The molecule has 2 aromatic heterocycles. The second kappa shape index (κ2) is 10.8. The fraction of sp³-hybridized carbons (Fsp3) is 0.577. The first-order valence-electron chi connectivity index (χ1n) is 12.5. The number of carbonyl (C=O) groups is 1. The standard InChI is InChI=1S/C26H32F2N4O2S/c1-31-14-20-19(3-2-4-21(20)30-31)23(33)13-18-7-5-17(6-8-18)9-11-32-12-10-24-22(15-32)29-25(35-24)16-34-26(27)28/h2-4,14,17-18,26H,5-13,15-16H2,1H3. The van der Waals surface area contributed by atoms with Crippen LogP contribution in [0.1, 0.15) is 64.5 Å². The summed E-state index contributed by atoms with van der Waals surface area (Å²) in [7, 11) is 1.89. The van der Waals surface area contributed by atoms with E-state index in [0.717, 1.165) is 67.5 Å². The SMILES string of the molecule is Cn1cc2c(C(=O)CC3CCC(CCN4CCc5sc(COC(F)F)nc5C4)CC3)cccc2n1. The van der Waals surface area contributed by atoms with Crippen LogP contribution >= 0.6 is 11.3 Å². The van der Waals surface area contributed by atoms with Gasteiger partial charge in [-0.1, -0.05) is 25.0 Å². The molecule has 0 radical (unpaired) electrons. The Morgan fingerprint density at radius 2 is 2.03 bits per heavy atom.